The molecule has 1 aromatic carbocycles. The van der Waals surface area contributed by atoms with Gasteiger partial charge in [0.25, 0.3) is 0 Å². The average molecular weight is 414 g/mol. The van der Waals surface area contributed by atoms with Gasteiger partial charge in [-0.25, -0.2) is 9.78 Å². The van der Waals surface area contributed by atoms with Gasteiger partial charge in [0.2, 0.25) is 5.88 Å². The van der Waals surface area contributed by atoms with Gasteiger partial charge in [-0.05, 0) is 57.4 Å². The lowest BCUT2D eigenvalue weighted by Crippen LogP contribution is -2.21. The minimum atomic E-state index is -5.08. The number of hydrogen-bond acceptors (Lipinski definition) is 5. The van der Waals surface area contributed by atoms with E-state index in [0.717, 1.165) is 18.6 Å². The number of nitrogens with zero attached hydrogens (tertiary/aromatic N) is 1. The largest absolute Gasteiger partial charge is 0.490 e. The number of pyridine rings is 1. The number of aliphatic carboxylic acids is 1. The van der Waals surface area contributed by atoms with Gasteiger partial charge >= 0.3 is 12.1 Å². The SMILES string of the molecule is CC(C)Oc1ccc(Oc2ccc(CC[C@H](C)N)cc2)cn1.O=C(O)C(F)(F)F. The molecule has 0 spiro atoms. The van der Waals surface area contributed by atoms with Gasteiger partial charge in [0.1, 0.15) is 11.5 Å². The Morgan fingerprint density at radius 2 is 1.66 bits per heavy atom. The Balaban J connectivity index is 0.000000516. The van der Waals surface area contributed by atoms with Crippen molar-refractivity contribution >= 4 is 5.97 Å². The topological polar surface area (TPSA) is 94.7 Å². The molecule has 0 amide bonds. The number of hydrogen-bond donors (Lipinski definition) is 2. The number of carboxylic acid groups (broad SMARTS) is 1. The van der Waals surface area contributed by atoms with Crippen molar-refractivity contribution in [3.63, 3.8) is 0 Å². The zero-order valence-electron chi connectivity index (χ0n) is 16.4. The lowest BCUT2D eigenvalue weighted by Gasteiger charge is -2.10. The van der Waals surface area contributed by atoms with Crippen molar-refractivity contribution in [1.29, 1.82) is 0 Å². The van der Waals surface area contributed by atoms with Gasteiger partial charge in [0.05, 0.1) is 12.3 Å². The molecule has 9 heteroatoms. The van der Waals surface area contributed by atoms with Crippen molar-refractivity contribution in [2.75, 3.05) is 0 Å². The fraction of sp³-hybridized carbons (Fsp3) is 0.400. The molecule has 0 saturated heterocycles. The van der Waals surface area contributed by atoms with Gasteiger partial charge in [-0.2, -0.15) is 13.2 Å². The highest BCUT2D eigenvalue weighted by atomic mass is 19.4. The number of carboxylic acids is 1. The maximum absolute atomic E-state index is 10.6. The molecule has 0 saturated carbocycles. The van der Waals surface area contributed by atoms with E-state index in [1.54, 1.807) is 6.20 Å². The maximum atomic E-state index is 10.6. The molecule has 2 rings (SSSR count). The van der Waals surface area contributed by atoms with Crippen LogP contribution in [0.15, 0.2) is 42.6 Å². The first-order valence-corrected chi connectivity index (χ1v) is 8.92. The molecule has 0 aliphatic carbocycles. The van der Waals surface area contributed by atoms with Gasteiger partial charge in [-0.1, -0.05) is 12.1 Å². The predicted octanol–water partition coefficient (Wildman–Crippen LogP) is 4.57. The minimum Gasteiger partial charge on any atom is -0.475 e. The van der Waals surface area contributed by atoms with Gasteiger partial charge in [-0.3, -0.25) is 0 Å². The molecule has 0 unspecified atom stereocenters. The average Bonchev–Trinajstić information content (AvgIpc) is 2.62. The van der Waals surface area contributed by atoms with E-state index in [0.29, 0.717) is 11.6 Å². The Morgan fingerprint density at radius 3 is 2.07 bits per heavy atom. The van der Waals surface area contributed by atoms with Crippen LogP contribution in [0, 0.1) is 0 Å². The third kappa shape index (κ3) is 10.3. The first-order valence-electron chi connectivity index (χ1n) is 8.92. The van der Waals surface area contributed by atoms with Crippen LogP contribution in [-0.2, 0) is 11.2 Å². The van der Waals surface area contributed by atoms with Crippen LogP contribution in [0.2, 0.25) is 0 Å². The molecule has 160 valence electrons. The molecule has 1 atom stereocenters. The van der Waals surface area contributed by atoms with Crippen molar-refractivity contribution in [3.05, 3.63) is 48.2 Å². The molecule has 3 N–H and O–H groups in total. The molecule has 0 aliphatic heterocycles. The zero-order chi connectivity index (χ0) is 22.0. The highest BCUT2D eigenvalue weighted by Gasteiger charge is 2.38. The van der Waals surface area contributed by atoms with Crippen molar-refractivity contribution in [3.8, 4) is 17.4 Å². The molecule has 29 heavy (non-hydrogen) atoms. The van der Waals surface area contributed by atoms with E-state index in [4.69, 9.17) is 25.1 Å². The molecule has 0 aliphatic rings. The summed E-state index contributed by atoms with van der Waals surface area (Å²) >= 11 is 0. The van der Waals surface area contributed by atoms with Gasteiger partial charge in [-0.15, -0.1) is 0 Å². The zero-order valence-corrected chi connectivity index (χ0v) is 16.4. The van der Waals surface area contributed by atoms with E-state index >= 15 is 0 Å². The first-order chi connectivity index (χ1) is 13.5. The normalized spacial score (nSPS) is 12.0. The summed E-state index contributed by atoms with van der Waals surface area (Å²) in [6, 6.07) is 12.0. The van der Waals surface area contributed by atoms with Crippen LogP contribution >= 0.6 is 0 Å². The Labute approximate surface area is 167 Å². The molecule has 6 nitrogen and oxygen atoms in total. The van der Waals surface area contributed by atoms with Crippen molar-refractivity contribution in [2.24, 2.45) is 5.73 Å². The van der Waals surface area contributed by atoms with Crippen LogP contribution in [0.3, 0.4) is 0 Å². The van der Waals surface area contributed by atoms with Gasteiger partial charge in [0, 0.05) is 12.1 Å². The minimum absolute atomic E-state index is 0.114. The van der Waals surface area contributed by atoms with Crippen LogP contribution in [0.25, 0.3) is 0 Å². The summed E-state index contributed by atoms with van der Waals surface area (Å²) in [6.07, 6.45) is -1.33. The van der Waals surface area contributed by atoms with E-state index < -0.39 is 12.1 Å². The molecule has 2 aromatic rings. The van der Waals surface area contributed by atoms with E-state index in [1.807, 2.05) is 45.0 Å². The molecule has 0 fully saturated rings. The number of aromatic nitrogens is 1. The number of rotatable bonds is 7. The second kappa shape index (κ2) is 11.3. The van der Waals surface area contributed by atoms with Crippen LogP contribution in [-0.4, -0.2) is 34.4 Å². The lowest BCUT2D eigenvalue weighted by molar-refractivity contribution is -0.192. The summed E-state index contributed by atoms with van der Waals surface area (Å²) in [6.45, 7) is 5.97. The number of aryl methyl sites for hydroxylation is 1. The predicted molar refractivity (Wildman–Crippen MR) is 102 cm³/mol. The molecule has 0 bridgehead atoms. The van der Waals surface area contributed by atoms with Crippen molar-refractivity contribution in [2.45, 2.75) is 51.9 Å². The number of alkyl halides is 3. The Morgan fingerprint density at radius 1 is 1.10 bits per heavy atom. The fourth-order valence-electron chi connectivity index (χ4n) is 1.99. The monoisotopic (exact) mass is 414 g/mol. The summed E-state index contributed by atoms with van der Waals surface area (Å²) in [5.41, 5.74) is 7.04. The summed E-state index contributed by atoms with van der Waals surface area (Å²) in [5.74, 6) is -0.663. The lowest BCUT2D eigenvalue weighted by atomic mass is 10.1. The molecule has 0 radical (unpaired) electrons. The smallest absolute Gasteiger partial charge is 0.475 e. The van der Waals surface area contributed by atoms with E-state index in [2.05, 4.69) is 17.1 Å². The number of carbonyl (C=O) groups is 1. The van der Waals surface area contributed by atoms with Crippen LogP contribution in [0.4, 0.5) is 13.2 Å². The highest BCUT2D eigenvalue weighted by molar-refractivity contribution is 5.73. The molecule has 1 heterocycles. The first kappa shape index (κ1) is 24.2. The van der Waals surface area contributed by atoms with Crippen LogP contribution in [0.1, 0.15) is 32.8 Å². The van der Waals surface area contributed by atoms with Gasteiger partial charge < -0.3 is 20.3 Å². The third-order valence-electron chi connectivity index (χ3n) is 3.36. The van der Waals surface area contributed by atoms with E-state index in [9.17, 15) is 13.2 Å². The molecule has 1 aromatic heterocycles. The number of halogens is 3. The summed E-state index contributed by atoms with van der Waals surface area (Å²) in [4.78, 5) is 13.1. The van der Waals surface area contributed by atoms with Crippen molar-refractivity contribution in [1.82, 2.24) is 4.98 Å². The third-order valence-corrected chi connectivity index (χ3v) is 3.36. The molecular weight excluding hydrogens is 389 g/mol. The maximum Gasteiger partial charge on any atom is 0.490 e. The summed E-state index contributed by atoms with van der Waals surface area (Å²) < 4.78 is 43.0. The van der Waals surface area contributed by atoms with E-state index in [1.165, 1.54) is 5.56 Å². The Hall–Kier alpha value is -2.81. The number of benzene rings is 1. The highest BCUT2D eigenvalue weighted by Crippen LogP contribution is 2.23. The summed E-state index contributed by atoms with van der Waals surface area (Å²) in [7, 11) is 0. The number of nitrogens with two attached hydrogens (primary N) is 1. The molecular formula is C20H25F3N2O4. The number of ether oxygens (including phenoxy) is 2. The van der Waals surface area contributed by atoms with Crippen molar-refractivity contribution < 1.29 is 32.5 Å². The fourth-order valence-corrected chi connectivity index (χ4v) is 1.99. The second-order valence-corrected chi connectivity index (χ2v) is 6.56. The summed E-state index contributed by atoms with van der Waals surface area (Å²) in [5, 5.41) is 7.12. The Kier molecular flexibility index (Phi) is 9.40. The Bertz CT molecular complexity index is 746. The second-order valence-electron chi connectivity index (χ2n) is 6.56. The van der Waals surface area contributed by atoms with E-state index in [-0.39, 0.29) is 12.1 Å². The van der Waals surface area contributed by atoms with Gasteiger partial charge in [0.15, 0.2) is 0 Å². The standard InChI is InChI=1S/C18H24N2O2.C2HF3O2/c1-13(2)21-18-11-10-17(12-20-18)22-16-8-6-15(7-9-16)5-4-14(3)19;3-2(4,5)1(6)7/h6-14H,4-5,19H2,1-3H3;(H,6,7)/t14-;/m0./s1. The van der Waals surface area contributed by atoms with Crippen LogP contribution < -0.4 is 15.2 Å². The quantitative estimate of drug-likeness (QED) is 0.689. The van der Waals surface area contributed by atoms with Crippen LogP contribution in [0.5, 0.6) is 17.4 Å².